The molecule has 200 valence electrons. The van der Waals surface area contributed by atoms with Gasteiger partial charge in [0, 0.05) is 9.98 Å². The van der Waals surface area contributed by atoms with E-state index in [9.17, 15) is 4.57 Å². The van der Waals surface area contributed by atoms with Gasteiger partial charge in [-0.25, -0.2) is 0 Å². The molecule has 3 aromatic carbocycles. The van der Waals surface area contributed by atoms with Crippen molar-refractivity contribution in [3.63, 3.8) is 0 Å². The standard InChI is InChI=1S/C30H34O7P/c1-6-20-35-21-29(2,23-37-38(31)34-5)22-36-30(24-10-8-7-9-11-24,25-12-16-27(32-3)17-13-25)26-14-18-28(33-4)19-15-26/h1,7-19H,20-23H2,2-5H3/q+1. The second-order valence-corrected chi connectivity index (χ2v) is 10.1. The monoisotopic (exact) mass is 537 g/mol. The van der Waals surface area contributed by atoms with Crippen molar-refractivity contribution in [3.05, 3.63) is 95.6 Å². The summed E-state index contributed by atoms with van der Waals surface area (Å²) in [5.74, 6) is 3.94. The maximum absolute atomic E-state index is 11.9. The highest BCUT2D eigenvalue weighted by molar-refractivity contribution is 7.33. The third-order valence-corrected chi connectivity index (χ3v) is 6.75. The molecule has 0 aliphatic carbocycles. The molecule has 0 radical (unpaired) electrons. The molecule has 0 fully saturated rings. The average molecular weight is 538 g/mol. The van der Waals surface area contributed by atoms with Gasteiger partial charge in [0.1, 0.15) is 30.3 Å². The first kappa shape index (κ1) is 29.3. The quantitative estimate of drug-likeness (QED) is 0.102. The van der Waals surface area contributed by atoms with E-state index in [1.54, 1.807) is 14.2 Å². The van der Waals surface area contributed by atoms with E-state index in [1.807, 2.05) is 85.8 Å². The summed E-state index contributed by atoms with van der Waals surface area (Å²) in [5.41, 5.74) is 0.984. The van der Waals surface area contributed by atoms with Crippen molar-refractivity contribution in [2.24, 2.45) is 5.41 Å². The Bertz CT molecular complexity index is 1140. The molecule has 0 aromatic heterocycles. The van der Waals surface area contributed by atoms with Crippen LogP contribution in [0.3, 0.4) is 0 Å². The lowest BCUT2D eigenvalue weighted by Crippen LogP contribution is -2.40. The van der Waals surface area contributed by atoms with Crippen LogP contribution in [0.5, 0.6) is 11.5 Å². The lowest BCUT2D eigenvalue weighted by Gasteiger charge is -2.39. The van der Waals surface area contributed by atoms with Crippen LogP contribution in [0.4, 0.5) is 0 Å². The topological polar surface area (TPSA) is 72.5 Å². The summed E-state index contributed by atoms with van der Waals surface area (Å²) in [7, 11) is 2.32. The lowest BCUT2D eigenvalue weighted by atomic mass is 9.79. The number of benzene rings is 3. The molecule has 7 nitrogen and oxygen atoms in total. The highest BCUT2D eigenvalue weighted by Crippen LogP contribution is 2.43. The Morgan fingerprint density at radius 1 is 0.763 bits per heavy atom. The fourth-order valence-corrected chi connectivity index (χ4v) is 4.62. The Morgan fingerprint density at radius 2 is 1.29 bits per heavy atom. The molecule has 8 heteroatoms. The van der Waals surface area contributed by atoms with E-state index in [2.05, 4.69) is 5.92 Å². The van der Waals surface area contributed by atoms with Gasteiger partial charge in [-0.15, -0.1) is 15.5 Å². The lowest BCUT2D eigenvalue weighted by molar-refractivity contribution is -0.0758. The van der Waals surface area contributed by atoms with Crippen LogP contribution in [0.25, 0.3) is 0 Å². The average Bonchev–Trinajstić information content (AvgIpc) is 2.97. The summed E-state index contributed by atoms with van der Waals surface area (Å²) in [6.45, 7) is 2.53. The van der Waals surface area contributed by atoms with Crippen LogP contribution in [-0.2, 0) is 28.7 Å². The Kier molecular flexibility index (Phi) is 10.8. The molecule has 2 atom stereocenters. The number of methoxy groups -OCH3 is 2. The third-order valence-electron chi connectivity index (χ3n) is 6.11. The molecule has 3 aromatic rings. The number of hydrogen-bond acceptors (Lipinski definition) is 7. The molecule has 2 unspecified atom stereocenters. The van der Waals surface area contributed by atoms with Gasteiger partial charge < -0.3 is 18.9 Å². The number of hydrogen-bond donors (Lipinski definition) is 0. The van der Waals surface area contributed by atoms with Crippen LogP contribution < -0.4 is 9.47 Å². The third kappa shape index (κ3) is 7.20. The highest BCUT2D eigenvalue weighted by atomic mass is 31.1. The van der Waals surface area contributed by atoms with Gasteiger partial charge >= 0.3 is 8.25 Å². The minimum atomic E-state index is -2.27. The van der Waals surface area contributed by atoms with Gasteiger partial charge in [0.05, 0.1) is 34.5 Å². The van der Waals surface area contributed by atoms with Crippen LogP contribution >= 0.6 is 8.25 Å². The SMILES string of the molecule is C#CCOCC(C)(CO[P+](=O)OC)COC(c1ccccc1)(c1ccc(OC)cc1)c1ccc(OC)cc1. The molecule has 0 heterocycles. The fourth-order valence-electron chi connectivity index (χ4n) is 4.10. The summed E-state index contributed by atoms with van der Waals surface area (Å²) >= 11 is 0. The van der Waals surface area contributed by atoms with Crippen molar-refractivity contribution in [1.29, 1.82) is 0 Å². The van der Waals surface area contributed by atoms with Gasteiger partial charge in [-0.05, 0) is 41.0 Å². The molecular formula is C30H34O7P+. The van der Waals surface area contributed by atoms with E-state index in [4.69, 9.17) is 34.4 Å². The van der Waals surface area contributed by atoms with E-state index in [-0.39, 0.29) is 26.4 Å². The number of rotatable bonds is 15. The Labute approximate surface area is 225 Å². The first-order chi connectivity index (χ1) is 18.4. The van der Waals surface area contributed by atoms with Gasteiger partial charge in [0.25, 0.3) is 0 Å². The molecule has 3 rings (SSSR count). The minimum Gasteiger partial charge on any atom is -0.497 e. The smallest absolute Gasteiger partial charge is 0.497 e. The van der Waals surface area contributed by atoms with Gasteiger partial charge in [0.15, 0.2) is 0 Å². The molecule has 0 N–H and O–H groups in total. The second kappa shape index (κ2) is 14.1. The molecule has 0 aliphatic rings. The molecule has 0 saturated heterocycles. The molecule has 38 heavy (non-hydrogen) atoms. The van der Waals surface area contributed by atoms with Gasteiger partial charge in [-0.1, -0.05) is 67.4 Å². The number of terminal acetylenes is 1. The maximum Gasteiger partial charge on any atom is 0.697 e. The van der Waals surface area contributed by atoms with Crippen LogP contribution in [0, 0.1) is 17.8 Å². The van der Waals surface area contributed by atoms with E-state index < -0.39 is 19.3 Å². The van der Waals surface area contributed by atoms with Gasteiger partial charge in [-0.2, -0.15) is 0 Å². The predicted molar refractivity (Wildman–Crippen MR) is 147 cm³/mol. The second-order valence-electron chi connectivity index (χ2n) is 8.98. The summed E-state index contributed by atoms with van der Waals surface area (Å²) in [6.07, 6.45) is 5.40. The summed E-state index contributed by atoms with van der Waals surface area (Å²) < 4.78 is 45.7. The molecule has 0 amide bonds. The van der Waals surface area contributed by atoms with Crippen LogP contribution in [0.2, 0.25) is 0 Å². The van der Waals surface area contributed by atoms with Gasteiger partial charge in [-0.3, -0.25) is 0 Å². The first-order valence-electron chi connectivity index (χ1n) is 12.0. The Morgan fingerprint density at radius 3 is 1.76 bits per heavy atom. The molecular weight excluding hydrogens is 503 g/mol. The fraction of sp³-hybridized carbons (Fsp3) is 0.333. The van der Waals surface area contributed by atoms with E-state index in [0.29, 0.717) is 0 Å². The summed E-state index contributed by atoms with van der Waals surface area (Å²) in [4.78, 5) is 0. The van der Waals surface area contributed by atoms with Crippen LogP contribution in [-0.4, -0.2) is 47.8 Å². The van der Waals surface area contributed by atoms with Crippen molar-refractivity contribution in [2.45, 2.75) is 12.5 Å². The Balaban J connectivity index is 2.13. The molecule has 0 spiro atoms. The zero-order valence-electron chi connectivity index (χ0n) is 22.2. The van der Waals surface area contributed by atoms with Crippen molar-refractivity contribution in [1.82, 2.24) is 0 Å². The maximum atomic E-state index is 11.9. The molecule has 0 aliphatic heterocycles. The summed E-state index contributed by atoms with van der Waals surface area (Å²) in [5, 5.41) is 0. The molecule has 0 bridgehead atoms. The van der Waals surface area contributed by atoms with Crippen molar-refractivity contribution in [2.75, 3.05) is 47.8 Å². The zero-order valence-corrected chi connectivity index (χ0v) is 23.1. The predicted octanol–water partition coefficient (Wildman–Crippen LogP) is 5.99. The van der Waals surface area contributed by atoms with Crippen LogP contribution in [0.15, 0.2) is 78.9 Å². The zero-order chi connectivity index (χ0) is 27.4. The summed E-state index contributed by atoms with van der Waals surface area (Å²) in [6, 6.07) is 25.5. The van der Waals surface area contributed by atoms with Crippen molar-refractivity contribution in [3.8, 4) is 23.8 Å². The minimum absolute atomic E-state index is 0.0662. The molecule has 0 saturated carbocycles. The Hall–Kier alpha value is -3.24. The van der Waals surface area contributed by atoms with E-state index >= 15 is 0 Å². The first-order valence-corrected chi connectivity index (χ1v) is 13.1. The van der Waals surface area contributed by atoms with Crippen molar-refractivity contribution >= 4 is 8.25 Å². The van der Waals surface area contributed by atoms with E-state index in [0.717, 1.165) is 28.2 Å². The largest absolute Gasteiger partial charge is 0.697 e. The number of ether oxygens (including phenoxy) is 4. The van der Waals surface area contributed by atoms with Crippen LogP contribution in [0.1, 0.15) is 23.6 Å². The van der Waals surface area contributed by atoms with Crippen molar-refractivity contribution < 1.29 is 32.6 Å². The van der Waals surface area contributed by atoms with Gasteiger partial charge in [0.2, 0.25) is 0 Å². The normalized spacial score (nSPS) is 13.3. The van der Waals surface area contributed by atoms with E-state index in [1.165, 1.54) is 7.11 Å². The highest BCUT2D eigenvalue weighted by Gasteiger charge is 2.41.